The summed E-state index contributed by atoms with van der Waals surface area (Å²) < 4.78 is 2.41. The van der Waals surface area contributed by atoms with Crippen LogP contribution < -0.4 is 5.32 Å². The van der Waals surface area contributed by atoms with Crippen LogP contribution in [0.1, 0.15) is 14.6 Å². The Hall–Kier alpha value is 0.320. The van der Waals surface area contributed by atoms with Crippen LogP contribution in [-0.4, -0.2) is 0 Å². The van der Waals surface area contributed by atoms with Crippen molar-refractivity contribution in [2.75, 3.05) is 0 Å². The van der Waals surface area contributed by atoms with Crippen LogP contribution in [0.3, 0.4) is 0 Å². The van der Waals surface area contributed by atoms with E-state index in [1.54, 1.807) is 11.3 Å². The summed E-state index contributed by atoms with van der Waals surface area (Å²) in [7, 11) is 0. The van der Waals surface area contributed by atoms with E-state index in [9.17, 15) is 0 Å². The molecule has 0 aliphatic rings. The van der Waals surface area contributed by atoms with Crippen LogP contribution in [0.15, 0.2) is 26.5 Å². The summed E-state index contributed by atoms with van der Waals surface area (Å²) >= 11 is 10.6. The van der Waals surface area contributed by atoms with Gasteiger partial charge in [-0.15, -0.1) is 22.7 Å². The fourth-order valence-corrected chi connectivity index (χ4v) is 4.38. The molecule has 16 heavy (non-hydrogen) atoms. The van der Waals surface area contributed by atoms with Gasteiger partial charge in [0.15, 0.2) is 0 Å². The van der Waals surface area contributed by atoms with Crippen LogP contribution in [0.25, 0.3) is 0 Å². The Bertz CT molecular complexity index is 457. The minimum atomic E-state index is 0.935. The molecule has 0 aliphatic carbocycles. The van der Waals surface area contributed by atoms with Crippen molar-refractivity contribution in [3.05, 3.63) is 41.1 Å². The van der Waals surface area contributed by atoms with Gasteiger partial charge in [-0.3, -0.25) is 0 Å². The number of aryl methyl sites for hydroxylation is 1. The van der Waals surface area contributed by atoms with Gasteiger partial charge in [0.05, 0.1) is 3.79 Å². The van der Waals surface area contributed by atoms with Crippen LogP contribution >= 0.6 is 54.5 Å². The molecule has 0 unspecified atom stereocenters. The Morgan fingerprint density at radius 1 is 1.12 bits per heavy atom. The molecule has 86 valence electrons. The largest absolute Gasteiger partial charge is 0.307 e. The molecule has 1 nitrogen and oxygen atoms in total. The number of hydrogen-bond donors (Lipinski definition) is 1. The summed E-state index contributed by atoms with van der Waals surface area (Å²) in [4.78, 5) is 4.08. The highest BCUT2D eigenvalue weighted by molar-refractivity contribution is 9.11. The maximum Gasteiger partial charge on any atom is 0.0701 e. The fourth-order valence-electron chi connectivity index (χ4n) is 1.36. The lowest BCUT2D eigenvalue weighted by Crippen LogP contribution is -2.10. The topological polar surface area (TPSA) is 12.0 Å². The van der Waals surface area contributed by atoms with Crippen LogP contribution in [-0.2, 0) is 13.1 Å². The molecule has 0 saturated heterocycles. The molecule has 0 saturated carbocycles. The van der Waals surface area contributed by atoms with Gasteiger partial charge in [0.25, 0.3) is 0 Å². The molecule has 0 aliphatic heterocycles. The van der Waals surface area contributed by atoms with Crippen molar-refractivity contribution < 1.29 is 0 Å². The summed E-state index contributed by atoms with van der Waals surface area (Å²) in [6.07, 6.45) is 0. The maximum atomic E-state index is 3.53. The monoisotopic (exact) mass is 379 g/mol. The third kappa shape index (κ3) is 3.40. The van der Waals surface area contributed by atoms with Crippen molar-refractivity contribution in [3.8, 4) is 0 Å². The minimum absolute atomic E-state index is 0.935. The van der Waals surface area contributed by atoms with E-state index in [0.717, 1.165) is 13.1 Å². The van der Waals surface area contributed by atoms with Crippen LogP contribution in [0.4, 0.5) is 0 Å². The Morgan fingerprint density at radius 2 is 1.88 bits per heavy atom. The number of hydrogen-bond acceptors (Lipinski definition) is 3. The minimum Gasteiger partial charge on any atom is -0.307 e. The van der Waals surface area contributed by atoms with E-state index in [0.29, 0.717) is 0 Å². The van der Waals surface area contributed by atoms with Crippen molar-refractivity contribution in [3.63, 3.8) is 0 Å². The van der Waals surface area contributed by atoms with Gasteiger partial charge in [-0.2, -0.15) is 0 Å². The highest BCUT2D eigenvalue weighted by Crippen LogP contribution is 2.26. The normalized spacial score (nSPS) is 10.9. The van der Waals surface area contributed by atoms with E-state index in [1.165, 1.54) is 22.9 Å². The van der Waals surface area contributed by atoms with Gasteiger partial charge >= 0.3 is 0 Å². The van der Waals surface area contributed by atoms with Crippen molar-refractivity contribution in [1.29, 1.82) is 0 Å². The number of halogens is 2. The Labute approximate surface area is 120 Å². The molecular weight excluding hydrogens is 370 g/mol. The molecule has 0 bridgehead atoms. The molecule has 0 spiro atoms. The highest BCUT2D eigenvalue weighted by atomic mass is 79.9. The number of nitrogens with one attached hydrogen (secondary N) is 1. The van der Waals surface area contributed by atoms with Gasteiger partial charge in [0.1, 0.15) is 0 Å². The molecule has 0 amide bonds. The molecule has 2 aromatic heterocycles. The van der Waals surface area contributed by atoms with E-state index in [-0.39, 0.29) is 0 Å². The van der Waals surface area contributed by atoms with Gasteiger partial charge < -0.3 is 5.32 Å². The van der Waals surface area contributed by atoms with E-state index < -0.39 is 0 Å². The summed E-state index contributed by atoms with van der Waals surface area (Å²) in [5.74, 6) is 0. The highest BCUT2D eigenvalue weighted by Gasteiger charge is 2.02. The zero-order chi connectivity index (χ0) is 11.5. The predicted octanol–water partition coefficient (Wildman–Crippen LogP) is 4.93. The lowest BCUT2D eigenvalue weighted by Gasteiger charge is -1.99. The van der Waals surface area contributed by atoms with Gasteiger partial charge in [-0.25, -0.2) is 0 Å². The molecule has 2 heterocycles. The second kappa shape index (κ2) is 5.78. The van der Waals surface area contributed by atoms with E-state index in [4.69, 9.17) is 0 Å². The molecular formula is C11H11Br2NS2. The first-order valence-electron chi connectivity index (χ1n) is 4.85. The van der Waals surface area contributed by atoms with Crippen molar-refractivity contribution in [1.82, 2.24) is 5.32 Å². The molecule has 2 aromatic rings. The van der Waals surface area contributed by atoms with Crippen LogP contribution in [0, 0.1) is 6.92 Å². The first-order valence-corrected chi connectivity index (χ1v) is 8.07. The third-order valence-electron chi connectivity index (χ3n) is 2.14. The van der Waals surface area contributed by atoms with E-state index >= 15 is 0 Å². The quantitative estimate of drug-likeness (QED) is 0.792. The summed E-state index contributed by atoms with van der Waals surface area (Å²) in [5.41, 5.74) is 0. The SMILES string of the molecule is Cc1sc(CNCc2ccc(Br)s2)cc1Br. The second-order valence-corrected chi connectivity index (χ2v) is 8.17. The molecule has 0 atom stereocenters. The Kier molecular flexibility index (Phi) is 4.61. The lowest BCUT2D eigenvalue weighted by atomic mass is 10.4. The smallest absolute Gasteiger partial charge is 0.0701 e. The van der Waals surface area contributed by atoms with Crippen LogP contribution in [0.2, 0.25) is 0 Å². The first kappa shape index (κ1) is 12.8. The number of rotatable bonds is 4. The average Bonchev–Trinajstić information content (AvgIpc) is 2.75. The van der Waals surface area contributed by atoms with Gasteiger partial charge in [-0.05, 0) is 57.0 Å². The van der Waals surface area contributed by atoms with Gasteiger partial charge in [0.2, 0.25) is 0 Å². The van der Waals surface area contributed by atoms with Gasteiger partial charge in [0, 0.05) is 32.2 Å². The Balaban J connectivity index is 1.84. The van der Waals surface area contributed by atoms with E-state index in [1.807, 2.05) is 11.3 Å². The summed E-state index contributed by atoms with van der Waals surface area (Å²) in [6.45, 7) is 4.01. The van der Waals surface area contributed by atoms with Crippen molar-refractivity contribution >= 4 is 54.5 Å². The van der Waals surface area contributed by atoms with Crippen molar-refractivity contribution in [2.24, 2.45) is 0 Å². The maximum absolute atomic E-state index is 3.53. The van der Waals surface area contributed by atoms with Crippen LogP contribution in [0.5, 0.6) is 0 Å². The standard InChI is InChI=1S/C11H11Br2NS2/c1-7-10(12)4-9(15-7)6-14-5-8-2-3-11(13)16-8/h2-4,14H,5-6H2,1H3. The zero-order valence-electron chi connectivity index (χ0n) is 8.72. The fraction of sp³-hybridized carbons (Fsp3) is 0.273. The Morgan fingerprint density at radius 3 is 2.44 bits per heavy atom. The first-order chi connectivity index (χ1) is 7.65. The third-order valence-corrected chi connectivity index (χ3v) is 5.90. The molecule has 5 heteroatoms. The summed E-state index contributed by atoms with van der Waals surface area (Å²) in [6, 6.07) is 6.43. The van der Waals surface area contributed by atoms with Crippen molar-refractivity contribution in [2.45, 2.75) is 20.0 Å². The van der Waals surface area contributed by atoms with Gasteiger partial charge in [-0.1, -0.05) is 0 Å². The molecule has 0 radical (unpaired) electrons. The van der Waals surface area contributed by atoms with E-state index in [2.05, 4.69) is 62.3 Å². The number of thiophene rings is 2. The molecule has 0 aromatic carbocycles. The predicted molar refractivity (Wildman–Crippen MR) is 79.3 cm³/mol. The average molecular weight is 381 g/mol. The zero-order valence-corrected chi connectivity index (χ0v) is 13.5. The molecule has 0 fully saturated rings. The molecule has 2 rings (SSSR count). The molecule has 1 N–H and O–H groups in total. The second-order valence-electron chi connectivity index (χ2n) is 3.43. The lowest BCUT2D eigenvalue weighted by molar-refractivity contribution is 0.709. The summed E-state index contributed by atoms with van der Waals surface area (Å²) in [5, 5.41) is 3.45.